The van der Waals surface area contributed by atoms with Crippen LogP contribution >= 0.6 is 0 Å². The number of rotatable bonds is 8. The third-order valence-electron chi connectivity index (χ3n) is 3.49. The Bertz CT molecular complexity index is 341. The second-order valence-electron chi connectivity index (χ2n) is 5.09. The van der Waals surface area contributed by atoms with Crippen LogP contribution in [0.15, 0.2) is 0 Å². The maximum absolute atomic E-state index is 11.7. The monoisotopic (exact) mass is 281 g/mol. The van der Waals surface area contributed by atoms with Gasteiger partial charge in [-0.3, -0.25) is 9.69 Å². The topological polar surface area (TPSA) is 38.8 Å². The summed E-state index contributed by atoms with van der Waals surface area (Å²) in [5.74, 6) is 6.06. The fourth-order valence-corrected chi connectivity index (χ4v) is 2.16. The van der Waals surface area contributed by atoms with Gasteiger partial charge in [-0.2, -0.15) is 0 Å². The second kappa shape index (κ2) is 9.79. The van der Waals surface area contributed by atoms with Crippen LogP contribution in [-0.4, -0.2) is 49.8 Å². The van der Waals surface area contributed by atoms with Gasteiger partial charge in [-0.25, -0.2) is 0 Å². The van der Waals surface area contributed by atoms with Gasteiger partial charge in [0.1, 0.15) is 6.10 Å². The molecule has 1 saturated heterocycles. The Morgan fingerprint density at radius 2 is 2.05 bits per heavy atom. The zero-order valence-corrected chi connectivity index (χ0v) is 13.0. The molecule has 2 atom stereocenters. The van der Waals surface area contributed by atoms with Gasteiger partial charge in [-0.15, -0.1) is 5.92 Å². The lowest BCUT2D eigenvalue weighted by Gasteiger charge is -2.13. The van der Waals surface area contributed by atoms with Crippen LogP contribution in [0.1, 0.15) is 40.0 Å². The van der Waals surface area contributed by atoms with Crippen molar-refractivity contribution in [2.75, 3.05) is 32.8 Å². The van der Waals surface area contributed by atoms with Crippen LogP contribution in [0.4, 0.5) is 0 Å². The SMILES string of the molecule is CCCOCC1CC(CC#CCN(CC)CC)C(=O)O1. The van der Waals surface area contributed by atoms with Crippen molar-refractivity contribution in [2.24, 2.45) is 5.92 Å². The molecule has 0 amide bonds. The van der Waals surface area contributed by atoms with Crippen LogP contribution in [0.3, 0.4) is 0 Å². The molecule has 4 nitrogen and oxygen atoms in total. The van der Waals surface area contributed by atoms with Gasteiger partial charge >= 0.3 is 5.97 Å². The van der Waals surface area contributed by atoms with Gasteiger partial charge in [0.2, 0.25) is 0 Å². The number of carbonyl (C=O) groups excluding carboxylic acids is 1. The number of ether oxygens (including phenoxy) is 2. The van der Waals surface area contributed by atoms with Gasteiger partial charge in [0, 0.05) is 19.4 Å². The predicted molar refractivity (Wildman–Crippen MR) is 79.3 cm³/mol. The Hall–Kier alpha value is -1.05. The highest BCUT2D eigenvalue weighted by molar-refractivity contribution is 5.75. The first-order chi connectivity index (χ1) is 9.71. The molecule has 0 spiro atoms. The Balaban J connectivity index is 2.27. The fraction of sp³-hybridized carbons (Fsp3) is 0.812. The first-order valence-corrected chi connectivity index (χ1v) is 7.67. The minimum Gasteiger partial charge on any atom is -0.460 e. The molecule has 1 fully saturated rings. The molecule has 4 heteroatoms. The number of carbonyl (C=O) groups is 1. The van der Waals surface area contributed by atoms with Gasteiger partial charge in [0.05, 0.1) is 19.1 Å². The Labute approximate surface area is 122 Å². The van der Waals surface area contributed by atoms with Crippen molar-refractivity contribution in [2.45, 2.75) is 46.1 Å². The highest BCUT2D eigenvalue weighted by Crippen LogP contribution is 2.23. The molecule has 0 N–H and O–H groups in total. The van der Waals surface area contributed by atoms with Crippen molar-refractivity contribution in [3.63, 3.8) is 0 Å². The summed E-state index contributed by atoms with van der Waals surface area (Å²) in [6, 6.07) is 0. The van der Waals surface area contributed by atoms with E-state index in [0.717, 1.165) is 39.1 Å². The summed E-state index contributed by atoms with van der Waals surface area (Å²) >= 11 is 0. The summed E-state index contributed by atoms with van der Waals surface area (Å²) in [5.41, 5.74) is 0. The Morgan fingerprint density at radius 3 is 2.70 bits per heavy atom. The number of esters is 1. The van der Waals surface area contributed by atoms with E-state index >= 15 is 0 Å². The van der Waals surface area contributed by atoms with Gasteiger partial charge in [-0.05, 0) is 19.5 Å². The summed E-state index contributed by atoms with van der Waals surface area (Å²) in [4.78, 5) is 14.0. The molecule has 1 heterocycles. The lowest BCUT2D eigenvalue weighted by Crippen LogP contribution is -2.22. The fourth-order valence-electron chi connectivity index (χ4n) is 2.16. The number of hydrogen-bond acceptors (Lipinski definition) is 4. The molecule has 1 rings (SSSR count). The largest absolute Gasteiger partial charge is 0.460 e. The molecule has 0 radical (unpaired) electrons. The van der Waals surface area contributed by atoms with Crippen molar-refractivity contribution >= 4 is 5.97 Å². The summed E-state index contributed by atoms with van der Waals surface area (Å²) in [7, 11) is 0. The standard InChI is InChI=1S/C16H27NO3/c1-4-11-19-13-15-12-14(16(18)20-15)9-7-8-10-17(5-2)6-3/h14-15H,4-6,9-13H2,1-3H3. The summed E-state index contributed by atoms with van der Waals surface area (Å²) in [6.45, 7) is 10.3. The summed E-state index contributed by atoms with van der Waals surface area (Å²) in [5, 5.41) is 0. The van der Waals surface area contributed by atoms with E-state index in [0.29, 0.717) is 13.0 Å². The van der Waals surface area contributed by atoms with Crippen molar-refractivity contribution in [3.8, 4) is 11.8 Å². The van der Waals surface area contributed by atoms with Crippen molar-refractivity contribution in [3.05, 3.63) is 0 Å². The zero-order chi connectivity index (χ0) is 14.8. The van der Waals surface area contributed by atoms with Gasteiger partial charge in [0.25, 0.3) is 0 Å². The molecule has 20 heavy (non-hydrogen) atoms. The maximum atomic E-state index is 11.7. The molecular formula is C16H27NO3. The molecule has 0 bridgehead atoms. The van der Waals surface area contributed by atoms with Crippen LogP contribution in [0.2, 0.25) is 0 Å². The molecule has 0 aromatic heterocycles. The van der Waals surface area contributed by atoms with Crippen LogP contribution in [0.5, 0.6) is 0 Å². The van der Waals surface area contributed by atoms with Crippen LogP contribution < -0.4 is 0 Å². The average molecular weight is 281 g/mol. The molecule has 0 aliphatic carbocycles. The van der Waals surface area contributed by atoms with Crippen molar-refractivity contribution in [1.29, 1.82) is 0 Å². The quantitative estimate of drug-likeness (QED) is 0.388. The van der Waals surface area contributed by atoms with E-state index in [1.54, 1.807) is 0 Å². The molecule has 0 aromatic rings. The molecule has 2 unspecified atom stereocenters. The average Bonchev–Trinajstić information content (AvgIpc) is 2.80. The van der Waals surface area contributed by atoms with E-state index in [1.165, 1.54) is 0 Å². The summed E-state index contributed by atoms with van der Waals surface area (Å²) in [6.07, 6.45) is 2.25. The van der Waals surface area contributed by atoms with Crippen LogP contribution in [0.25, 0.3) is 0 Å². The van der Waals surface area contributed by atoms with Gasteiger partial charge in [-0.1, -0.05) is 26.7 Å². The van der Waals surface area contributed by atoms with Gasteiger partial charge in [0.15, 0.2) is 0 Å². The minimum atomic E-state index is -0.118. The first kappa shape index (κ1) is 17.0. The highest BCUT2D eigenvalue weighted by Gasteiger charge is 2.33. The summed E-state index contributed by atoms with van der Waals surface area (Å²) < 4.78 is 10.7. The second-order valence-corrected chi connectivity index (χ2v) is 5.09. The van der Waals surface area contributed by atoms with Crippen molar-refractivity contribution < 1.29 is 14.3 Å². The third kappa shape index (κ3) is 5.94. The number of cyclic esters (lactones) is 1. The molecule has 1 aliphatic heterocycles. The molecule has 114 valence electrons. The zero-order valence-electron chi connectivity index (χ0n) is 13.0. The number of hydrogen-bond donors (Lipinski definition) is 0. The van der Waals surface area contributed by atoms with E-state index in [1.807, 2.05) is 0 Å². The van der Waals surface area contributed by atoms with E-state index in [4.69, 9.17) is 9.47 Å². The van der Waals surface area contributed by atoms with Crippen molar-refractivity contribution in [1.82, 2.24) is 4.90 Å². The molecular weight excluding hydrogens is 254 g/mol. The van der Waals surface area contributed by atoms with E-state index < -0.39 is 0 Å². The van der Waals surface area contributed by atoms with Crippen LogP contribution in [0, 0.1) is 17.8 Å². The highest BCUT2D eigenvalue weighted by atomic mass is 16.6. The predicted octanol–water partition coefficient (Wildman–Crippen LogP) is 2.08. The smallest absolute Gasteiger partial charge is 0.310 e. The van der Waals surface area contributed by atoms with E-state index in [2.05, 4.69) is 37.5 Å². The normalized spacial score (nSPS) is 21.7. The third-order valence-corrected chi connectivity index (χ3v) is 3.49. The lowest BCUT2D eigenvalue weighted by atomic mass is 10.0. The van der Waals surface area contributed by atoms with E-state index in [-0.39, 0.29) is 18.0 Å². The Morgan fingerprint density at radius 1 is 1.30 bits per heavy atom. The molecule has 0 aromatic carbocycles. The molecule has 1 aliphatic rings. The minimum absolute atomic E-state index is 0.0746. The van der Waals surface area contributed by atoms with Gasteiger partial charge < -0.3 is 9.47 Å². The number of nitrogens with zero attached hydrogens (tertiary/aromatic N) is 1. The maximum Gasteiger partial charge on any atom is 0.310 e. The van der Waals surface area contributed by atoms with Crippen LogP contribution in [-0.2, 0) is 14.3 Å². The Kier molecular flexibility index (Phi) is 8.32. The first-order valence-electron chi connectivity index (χ1n) is 7.67. The molecule has 0 saturated carbocycles. The lowest BCUT2D eigenvalue weighted by molar-refractivity contribution is -0.146. The van der Waals surface area contributed by atoms with E-state index in [9.17, 15) is 4.79 Å².